The quantitative estimate of drug-likeness (QED) is 0.607. The van der Waals surface area contributed by atoms with E-state index in [2.05, 4.69) is 26.1 Å². The molecule has 0 amide bonds. The van der Waals surface area contributed by atoms with Crippen LogP contribution in [0.15, 0.2) is 0 Å². The van der Waals surface area contributed by atoms with Gasteiger partial charge in [0.15, 0.2) is 0 Å². The monoisotopic (exact) mass is 289 g/mol. The van der Waals surface area contributed by atoms with E-state index in [1.807, 2.05) is 11.8 Å². The molecule has 1 heterocycles. The van der Waals surface area contributed by atoms with Crippen LogP contribution in [0.5, 0.6) is 0 Å². The van der Waals surface area contributed by atoms with Crippen LogP contribution in [0.3, 0.4) is 0 Å². The third-order valence-corrected chi connectivity index (χ3v) is 5.74. The average molecular weight is 289 g/mol. The Labute approximate surface area is 122 Å². The highest BCUT2D eigenvalue weighted by Gasteiger charge is 2.27. The maximum atomic E-state index is 9.67. The first-order valence-electron chi connectivity index (χ1n) is 7.76. The molecular weight excluding hydrogens is 258 g/mol. The SMILES string of the molecule is CCCNC(CC)(CO)CCCSC1CCOC1C. The summed E-state index contributed by atoms with van der Waals surface area (Å²) in [4.78, 5) is 0. The Bertz CT molecular complexity index is 234. The number of nitrogens with one attached hydrogen (secondary N) is 1. The highest BCUT2D eigenvalue weighted by Crippen LogP contribution is 2.28. The Hall–Kier alpha value is 0.230. The minimum atomic E-state index is -0.0611. The fourth-order valence-corrected chi connectivity index (χ4v) is 3.83. The molecule has 1 aliphatic heterocycles. The molecule has 0 aromatic heterocycles. The zero-order valence-electron chi connectivity index (χ0n) is 12.8. The number of rotatable bonds is 10. The van der Waals surface area contributed by atoms with Crippen molar-refractivity contribution in [1.82, 2.24) is 5.32 Å². The highest BCUT2D eigenvalue weighted by molar-refractivity contribution is 7.99. The molecule has 0 aliphatic carbocycles. The smallest absolute Gasteiger partial charge is 0.0666 e. The summed E-state index contributed by atoms with van der Waals surface area (Å²) in [5.41, 5.74) is -0.0611. The van der Waals surface area contributed by atoms with Crippen molar-refractivity contribution < 1.29 is 9.84 Å². The summed E-state index contributed by atoms with van der Waals surface area (Å²) in [6.07, 6.45) is 5.95. The second-order valence-corrected chi connectivity index (χ2v) is 6.94. The van der Waals surface area contributed by atoms with Crippen LogP contribution in [0.2, 0.25) is 0 Å². The van der Waals surface area contributed by atoms with Gasteiger partial charge in [-0.15, -0.1) is 0 Å². The van der Waals surface area contributed by atoms with E-state index in [0.717, 1.165) is 32.4 Å². The fourth-order valence-electron chi connectivity index (χ4n) is 2.60. The summed E-state index contributed by atoms with van der Waals surface area (Å²) in [5, 5.41) is 13.9. The molecule has 0 spiro atoms. The van der Waals surface area contributed by atoms with Gasteiger partial charge >= 0.3 is 0 Å². The van der Waals surface area contributed by atoms with Crippen molar-refractivity contribution in [3.63, 3.8) is 0 Å². The zero-order valence-corrected chi connectivity index (χ0v) is 13.6. The number of aliphatic hydroxyl groups is 1. The molecule has 1 saturated heterocycles. The van der Waals surface area contributed by atoms with Crippen molar-refractivity contribution in [2.45, 2.75) is 69.8 Å². The first-order chi connectivity index (χ1) is 9.17. The molecule has 0 aromatic carbocycles. The normalized spacial score (nSPS) is 26.5. The van der Waals surface area contributed by atoms with Crippen LogP contribution in [0.4, 0.5) is 0 Å². The molecule has 2 N–H and O–H groups in total. The van der Waals surface area contributed by atoms with Crippen LogP contribution in [-0.4, -0.2) is 47.5 Å². The lowest BCUT2D eigenvalue weighted by atomic mass is 9.91. The average Bonchev–Trinajstić information content (AvgIpc) is 2.84. The highest BCUT2D eigenvalue weighted by atomic mass is 32.2. The van der Waals surface area contributed by atoms with Gasteiger partial charge in [-0.25, -0.2) is 0 Å². The second kappa shape index (κ2) is 9.22. The molecule has 0 bridgehead atoms. The van der Waals surface area contributed by atoms with Gasteiger partial charge in [-0.3, -0.25) is 0 Å². The predicted octanol–water partition coefficient (Wildman–Crippen LogP) is 2.82. The summed E-state index contributed by atoms with van der Waals surface area (Å²) in [5.74, 6) is 1.17. The fraction of sp³-hybridized carbons (Fsp3) is 1.00. The van der Waals surface area contributed by atoms with E-state index in [4.69, 9.17) is 4.74 Å². The summed E-state index contributed by atoms with van der Waals surface area (Å²) in [6, 6.07) is 0. The Balaban J connectivity index is 2.23. The Morgan fingerprint density at radius 1 is 1.42 bits per heavy atom. The van der Waals surface area contributed by atoms with Crippen molar-refractivity contribution in [2.24, 2.45) is 0 Å². The lowest BCUT2D eigenvalue weighted by Crippen LogP contribution is -2.48. The minimum Gasteiger partial charge on any atom is -0.394 e. The minimum absolute atomic E-state index is 0.0611. The van der Waals surface area contributed by atoms with Gasteiger partial charge in [-0.1, -0.05) is 13.8 Å². The molecule has 3 nitrogen and oxygen atoms in total. The van der Waals surface area contributed by atoms with Crippen molar-refractivity contribution in [3.8, 4) is 0 Å². The van der Waals surface area contributed by atoms with Gasteiger partial charge in [0.2, 0.25) is 0 Å². The van der Waals surface area contributed by atoms with E-state index in [0.29, 0.717) is 11.4 Å². The summed E-state index contributed by atoms with van der Waals surface area (Å²) >= 11 is 2.04. The summed E-state index contributed by atoms with van der Waals surface area (Å²) < 4.78 is 5.59. The van der Waals surface area contributed by atoms with Gasteiger partial charge in [-0.05, 0) is 51.3 Å². The maximum Gasteiger partial charge on any atom is 0.0666 e. The molecule has 114 valence electrons. The van der Waals surface area contributed by atoms with Crippen molar-refractivity contribution >= 4 is 11.8 Å². The van der Waals surface area contributed by atoms with Gasteiger partial charge < -0.3 is 15.2 Å². The van der Waals surface area contributed by atoms with Gasteiger partial charge in [-0.2, -0.15) is 11.8 Å². The Morgan fingerprint density at radius 3 is 2.74 bits per heavy atom. The molecule has 1 rings (SSSR count). The van der Waals surface area contributed by atoms with Crippen LogP contribution < -0.4 is 5.32 Å². The first-order valence-corrected chi connectivity index (χ1v) is 8.81. The van der Waals surface area contributed by atoms with Crippen molar-refractivity contribution in [2.75, 3.05) is 25.5 Å². The van der Waals surface area contributed by atoms with Gasteiger partial charge in [0.25, 0.3) is 0 Å². The lowest BCUT2D eigenvalue weighted by molar-refractivity contribution is 0.127. The lowest BCUT2D eigenvalue weighted by Gasteiger charge is -2.32. The van der Waals surface area contributed by atoms with Crippen LogP contribution >= 0.6 is 11.8 Å². The van der Waals surface area contributed by atoms with Crippen LogP contribution in [0.25, 0.3) is 0 Å². The Kier molecular flexibility index (Phi) is 8.38. The third kappa shape index (κ3) is 5.62. The molecule has 1 fully saturated rings. The second-order valence-electron chi connectivity index (χ2n) is 5.60. The van der Waals surface area contributed by atoms with Gasteiger partial charge in [0, 0.05) is 17.4 Å². The molecule has 1 aliphatic rings. The first kappa shape index (κ1) is 17.3. The summed E-state index contributed by atoms with van der Waals surface area (Å²) in [6.45, 7) is 8.68. The standard InChI is InChI=1S/C15H31NO2S/c1-4-9-16-15(5-2,12-17)8-6-11-19-14-7-10-18-13(14)3/h13-14,16-17H,4-12H2,1-3H3. The predicted molar refractivity (Wildman–Crippen MR) is 83.9 cm³/mol. The van der Waals surface area contributed by atoms with E-state index in [-0.39, 0.29) is 12.1 Å². The number of thioether (sulfide) groups is 1. The van der Waals surface area contributed by atoms with E-state index in [1.54, 1.807) is 0 Å². The number of ether oxygens (including phenoxy) is 1. The largest absolute Gasteiger partial charge is 0.394 e. The number of hydrogen-bond donors (Lipinski definition) is 2. The van der Waals surface area contributed by atoms with E-state index < -0.39 is 0 Å². The summed E-state index contributed by atoms with van der Waals surface area (Å²) in [7, 11) is 0. The van der Waals surface area contributed by atoms with Crippen LogP contribution in [-0.2, 0) is 4.74 Å². The van der Waals surface area contributed by atoms with Crippen molar-refractivity contribution in [3.05, 3.63) is 0 Å². The number of aliphatic hydroxyl groups excluding tert-OH is 1. The number of hydrogen-bond acceptors (Lipinski definition) is 4. The van der Waals surface area contributed by atoms with Gasteiger partial charge in [0.1, 0.15) is 0 Å². The third-order valence-electron chi connectivity index (χ3n) is 4.17. The van der Waals surface area contributed by atoms with Crippen LogP contribution in [0.1, 0.15) is 52.9 Å². The van der Waals surface area contributed by atoms with E-state index in [9.17, 15) is 5.11 Å². The zero-order chi connectivity index (χ0) is 14.1. The molecule has 4 heteroatoms. The van der Waals surface area contributed by atoms with E-state index >= 15 is 0 Å². The molecule has 19 heavy (non-hydrogen) atoms. The van der Waals surface area contributed by atoms with Gasteiger partial charge in [0.05, 0.1) is 12.7 Å². The van der Waals surface area contributed by atoms with Crippen molar-refractivity contribution in [1.29, 1.82) is 0 Å². The van der Waals surface area contributed by atoms with E-state index in [1.165, 1.54) is 18.6 Å². The maximum absolute atomic E-state index is 9.67. The molecule has 3 unspecified atom stereocenters. The van der Waals surface area contributed by atoms with Crippen LogP contribution in [0, 0.1) is 0 Å². The molecule has 3 atom stereocenters. The topological polar surface area (TPSA) is 41.5 Å². The molecular formula is C15H31NO2S. The Morgan fingerprint density at radius 2 is 2.21 bits per heavy atom. The molecule has 0 aromatic rings. The molecule has 0 radical (unpaired) electrons. The molecule has 0 saturated carbocycles.